The van der Waals surface area contributed by atoms with Gasteiger partial charge >= 0.3 is 12.0 Å². The van der Waals surface area contributed by atoms with Gasteiger partial charge in [0, 0.05) is 13.1 Å². The third-order valence-corrected chi connectivity index (χ3v) is 3.05. The second-order valence-electron chi connectivity index (χ2n) is 4.19. The van der Waals surface area contributed by atoms with Crippen LogP contribution in [0.3, 0.4) is 0 Å². The Morgan fingerprint density at radius 1 is 1.28 bits per heavy atom. The summed E-state index contributed by atoms with van der Waals surface area (Å²) in [5, 5.41) is 18.3. The van der Waals surface area contributed by atoms with Gasteiger partial charge in [0.15, 0.2) is 0 Å². The average Bonchev–Trinajstić information content (AvgIpc) is 2.14. The van der Waals surface area contributed by atoms with Gasteiger partial charge in [-0.1, -0.05) is 13.8 Å². The molecule has 0 bridgehead atoms. The standard InChI is InChI=1S/C9H19N3O5S/c1-6(2)7(8(13)14)5-12-9(15)11-3-4-18(10,16)17/h6-7H,3-5H2,1-2H3,(H,13,14)(H2,10,16,17)(H2,11,12,15). The summed E-state index contributed by atoms with van der Waals surface area (Å²) in [4.78, 5) is 22.1. The Balaban J connectivity index is 3.99. The van der Waals surface area contributed by atoms with Crippen molar-refractivity contribution in [1.29, 1.82) is 0 Å². The zero-order valence-electron chi connectivity index (χ0n) is 10.3. The Labute approximate surface area is 106 Å². The van der Waals surface area contributed by atoms with Crippen molar-refractivity contribution in [3.63, 3.8) is 0 Å². The Morgan fingerprint density at radius 2 is 1.83 bits per heavy atom. The number of carboxylic acids is 1. The summed E-state index contributed by atoms with van der Waals surface area (Å²) < 4.78 is 21.2. The van der Waals surface area contributed by atoms with E-state index < -0.39 is 27.9 Å². The Morgan fingerprint density at radius 3 is 2.22 bits per heavy atom. The number of amides is 2. The normalized spacial score (nSPS) is 13.1. The maximum atomic E-state index is 11.2. The van der Waals surface area contributed by atoms with E-state index in [9.17, 15) is 18.0 Å². The van der Waals surface area contributed by atoms with Gasteiger partial charge in [0.2, 0.25) is 10.0 Å². The van der Waals surface area contributed by atoms with Crippen LogP contribution in [0.25, 0.3) is 0 Å². The van der Waals surface area contributed by atoms with Crippen LogP contribution in [0.4, 0.5) is 4.79 Å². The number of rotatable bonds is 7. The van der Waals surface area contributed by atoms with Crippen molar-refractivity contribution in [3.05, 3.63) is 0 Å². The predicted molar refractivity (Wildman–Crippen MR) is 65.3 cm³/mol. The molecule has 2 amide bonds. The van der Waals surface area contributed by atoms with E-state index in [1.54, 1.807) is 13.8 Å². The monoisotopic (exact) mass is 281 g/mol. The van der Waals surface area contributed by atoms with Crippen LogP contribution in [0.1, 0.15) is 13.8 Å². The first-order valence-corrected chi connectivity index (χ1v) is 7.10. The van der Waals surface area contributed by atoms with Gasteiger partial charge in [-0.2, -0.15) is 0 Å². The third kappa shape index (κ3) is 7.85. The summed E-state index contributed by atoms with van der Waals surface area (Å²) in [5.41, 5.74) is 0. The first-order valence-electron chi connectivity index (χ1n) is 5.38. The lowest BCUT2D eigenvalue weighted by molar-refractivity contribution is -0.142. The van der Waals surface area contributed by atoms with E-state index in [4.69, 9.17) is 10.2 Å². The van der Waals surface area contributed by atoms with E-state index >= 15 is 0 Å². The van der Waals surface area contributed by atoms with Gasteiger partial charge in [-0.15, -0.1) is 0 Å². The lowest BCUT2D eigenvalue weighted by Crippen LogP contribution is -2.43. The number of aliphatic carboxylic acids is 1. The second kappa shape index (κ2) is 7.17. The minimum atomic E-state index is -3.61. The van der Waals surface area contributed by atoms with Crippen LogP contribution >= 0.6 is 0 Å². The fourth-order valence-corrected chi connectivity index (χ4v) is 1.57. The average molecular weight is 281 g/mol. The van der Waals surface area contributed by atoms with Gasteiger partial charge in [0.05, 0.1) is 11.7 Å². The highest BCUT2D eigenvalue weighted by Crippen LogP contribution is 2.09. The van der Waals surface area contributed by atoms with E-state index in [1.807, 2.05) is 0 Å². The van der Waals surface area contributed by atoms with Crippen molar-refractivity contribution in [2.75, 3.05) is 18.8 Å². The lowest BCUT2D eigenvalue weighted by atomic mass is 9.96. The molecule has 0 aliphatic heterocycles. The van der Waals surface area contributed by atoms with Crippen molar-refractivity contribution >= 4 is 22.0 Å². The molecule has 0 aromatic rings. The van der Waals surface area contributed by atoms with Crippen molar-refractivity contribution < 1.29 is 23.1 Å². The minimum Gasteiger partial charge on any atom is -0.481 e. The highest BCUT2D eigenvalue weighted by molar-refractivity contribution is 7.89. The lowest BCUT2D eigenvalue weighted by Gasteiger charge is -2.16. The molecule has 106 valence electrons. The molecular weight excluding hydrogens is 262 g/mol. The van der Waals surface area contributed by atoms with Gasteiger partial charge < -0.3 is 15.7 Å². The van der Waals surface area contributed by atoms with E-state index in [0.717, 1.165) is 0 Å². The molecule has 0 spiro atoms. The minimum absolute atomic E-state index is 0.0196. The van der Waals surface area contributed by atoms with E-state index in [2.05, 4.69) is 10.6 Å². The summed E-state index contributed by atoms with van der Waals surface area (Å²) in [6, 6.07) is -0.620. The predicted octanol–water partition coefficient (Wildman–Crippen LogP) is -1.07. The maximum absolute atomic E-state index is 11.2. The fourth-order valence-electron chi connectivity index (χ4n) is 1.18. The molecule has 8 nitrogen and oxygen atoms in total. The number of carboxylic acid groups (broad SMARTS) is 1. The summed E-state index contributed by atoms with van der Waals surface area (Å²) >= 11 is 0. The molecule has 5 N–H and O–H groups in total. The number of hydrogen-bond donors (Lipinski definition) is 4. The van der Waals surface area contributed by atoms with Crippen molar-refractivity contribution in [1.82, 2.24) is 10.6 Å². The zero-order chi connectivity index (χ0) is 14.3. The number of nitrogens with two attached hydrogens (primary N) is 1. The van der Waals surface area contributed by atoms with Crippen LogP contribution in [0, 0.1) is 11.8 Å². The SMILES string of the molecule is CC(C)C(CNC(=O)NCCS(N)(=O)=O)C(=O)O. The van der Waals surface area contributed by atoms with Crippen LogP contribution in [-0.2, 0) is 14.8 Å². The molecule has 0 saturated heterocycles. The smallest absolute Gasteiger partial charge is 0.314 e. The van der Waals surface area contributed by atoms with Crippen LogP contribution in [-0.4, -0.2) is 44.4 Å². The first-order chi connectivity index (χ1) is 8.13. The van der Waals surface area contributed by atoms with Gasteiger partial charge in [0.25, 0.3) is 0 Å². The molecular formula is C9H19N3O5S. The van der Waals surface area contributed by atoms with Gasteiger partial charge in [-0.05, 0) is 5.92 Å². The third-order valence-electron chi connectivity index (χ3n) is 2.28. The second-order valence-corrected chi connectivity index (χ2v) is 5.93. The first kappa shape index (κ1) is 16.6. The number of carbonyl (C=O) groups is 2. The number of nitrogens with one attached hydrogen (secondary N) is 2. The van der Waals surface area contributed by atoms with Crippen LogP contribution in [0.15, 0.2) is 0 Å². The summed E-state index contributed by atoms with van der Waals surface area (Å²) in [7, 11) is -3.61. The number of carbonyl (C=O) groups excluding carboxylic acids is 1. The Bertz CT molecular complexity index is 393. The number of urea groups is 1. The zero-order valence-corrected chi connectivity index (χ0v) is 11.2. The Hall–Kier alpha value is -1.35. The molecule has 0 heterocycles. The molecule has 9 heteroatoms. The molecule has 0 radical (unpaired) electrons. The summed E-state index contributed by atoms with van der Waals surface area (Å²) in [6.45, 7) is 3.33. The highest BCUT2D eigenvalue weighted by Gasteiger charge is 2.21. The maximum Gasteiger partial charge on any atom is 0.314 e. The Kier molecular flexibility index (Phi) is 6.63. The quantitative estimate of drug-likeness (QED) is 0.470. The molecule has 0 aliphatic rings. The molecule has 0 saturated carbocycles. The van der Waals surface area contributed by atoms with Crippen LogP contribution < -0.4 is 15.8 Å². The van der Waals surface area contributed by atoms with E-state index in [0.29, 0.717) is 0 Å². The van der Waals surface area contributed by atoms with Gasteiger partial charge in [-0.3, -0.25) is 4.79 Å². The molecule has 0 fully saturated rings. The van der Waals surface area contributed by atoms with Gasteiger partial charge in [0.1, 0.15) is 0 Å². The molecule has 18 heavy (non-hydrogen) atoms. The molecule has 1 atom stereocenters. The number of hydrogen-bond acceptors (Lipinski definition) is 4. The number of primary sulfonamides is 1. The molecule has 0 rings (SSSR count). The topological polar surface area (TPSA) is 139 Å². The van der Waals surface area contributed by atoms with E-state index in [-0.39, 0.29) is 24.8 Å². The molecule has 0 aliphatic carbocycles. The fraction of sp³-hybridized carbons (Fsp3) is 0.778. The highest BCUT2D eigenvalue weighted by atomic mass is 32.2. The van der Waals surface area contributed by atoms with Crippen LogP contribution in [0.2, 0.25) is 0 Å². The number of sulfonamides is 1. The van der Waals surface area contributed by atoms with Crippen molar-refractivity contribution in [2.24, 2.45) is 17.0 Å². The molecule has 0 aromatic heterocycles. The summed E-state index contributed by atoms with van der Waals surface area (Å²) in [6.07, 6.45) is 0. The van der Waals surface area contributed by atoms with Crippen LogP contribution in [0.5, 0.6) is 0 Å². The van der Waals surface area contributed by atoms with Crippen molar-refractivity contribution in [2.45, 2.75) is 13.8 Å². The van der Waals surface area contributed by atoms with Crippen molar-refractivity contribution in [3.8, 4) is 0 Å². The molecule has 0 aromatic carbocycles. The van der Waals surface area contributed by atoms with E-state index in [1.165, 1.54) is 0 Å². The summed E-state index contributed by atoms with van der Waals surface area (Å²) in [5.74, 6) is -2.16. The van der Waals surface area contributed by atoms with Gasteiger partial charge in [-0.25, -0.2) is 18.4 Å². The molecule has 1 unspecified atom stereocenters. The largest absolute Gasteiger partial charge is 0.481 e.